The SMILES string of the molecule is CC(=O)c1cccc(OCC(=O)Nc2ccc(-c3cn4ccccc4n3)cc2)c1. The second kappa shape index (κ2) is 7.98. The molecule has 0 fully saturated rings. The summed E-state index contributed by atoms with van der Waals surface area (Å²) >= 11 is 0. The number of aromatic nitrogens is 2. The highest BCUT2D eigenvalue weighted by atomic mass is 16.5. The second-order valence-electron chi connectivity index (χ2n) is 6.59. The number of carbonyl (C=O) groups excluding carboxylic acids is 2. The van der Waals surface area contributed by atoms with Gasteiger partial charge in [-0.25, -0.2) is 4.98 Å². The summed E-state index contributed by atoms with van der Waals surface area (Å²) in [6.07, 6.45) is 3.92. The van der Waals surface area contributed by atoms with Gasteiger partial charge in [0.1, 0.15) is 11.4 Å². The van der Waals surface area contributed by atoms with Gasteiger partial charge >= 0.3 is 0 Å². The molecule has 6 heteroatoms. The molecule has 1 amide bonds. The molecular formula is C23H19N3O3. The molecule has 6 nitrogen and oxygen atoms in total. The molecule has 0 bridgehead atoms. The van der Waals surface area contributed by atoms with E-state index >= 15 is 0 Å². The standard InChI is InChI=1S/C23H19N3O3/c1-16(27)18-5-4-6-20(13-18)29-15-23(28)24-19-10-8-17(9-11-19)21-14-26-12-3-2-7-22(26)25-21/h2-14H,15H2,1H3,(H,24,28). The van der Waals surface area contributed by atoms with Gasteiger partial charge in [-0.15, -0.1) is 0 Å². The summed E-state index contributed by atoms with van der Waals surface area (Å²) in [4.78, 5) is 28.2. The van der Waals surface area contributed by atoms with E-state index in [4.69, 9.17) is 4.74 Å². The van der Waals surface area contributed by atoms with Gasteiger partial charge in [-0.2, -0.15) is 0 Å². The van der Waals surface area contributed by atoms with Crippen LogP contribution in [0.25, 0.3) is 16.9 Å². The smallest absolute Gasteiger partial charge is 0.262 e. The number of ether oxygens (including phenoxy) is 1. The Kier molecular flexibility index (Phi) is 5.07. The van der Waals surface area contributed by atoms with Crippen LogP contribution in [0.5, 0.6) is 5.75 Å². The van der Waals surface area contributed by atoms with Crippen molar-refractivity contribution in [2.45, 2.75) is 6.92 Å². The predicted octanol–water partition coefficient (Wildman–Crippen LogP) is 4.22. The summed E-state index contributed by atoms with van der Waals surface area (Å²) in [5, 5.41) is 2.80. The summed E-state index contributed by atoms with van der Waals surface area (Å²) in [5.74, 6) is 0.152. The van der Waals surface area contributed by atoms with Crippen molar-refractivity contribution in [3.8, 4) is 17.0 Å². The average Bonchev–Trinajstić information content (AvgIpc) is 3.17. The maximum absolute atomic E-state index is 12.2. The van der Waals surface area contributed by atoms with Crippen molar-refractivity contribution in [1.29, 1.82) is 0 Å². The summed E-state index contributed by atoms with van der Waals surface area (Å²) in [7, 11) is 0. The van der Waals surface area contributed by atoms with Crippen molar-refractivity contribution in [1.82, 2.24) is 9.38 Å². The van der Waals surface area contributed by atoms with E-state index in [1.807, 2.05) is 59.3 Å². The van der Waals surface area contributed by atoms with E-state index in [1.165, 1.54) is 6.92 Å². The Morgan fingerprint density at radius 1 is 1.03 bits per heavy atom. The first-order valence-electron chi connectivity index (χ1n) is 9.16. The quantitative estimate of drug-likeness (QED) is 0.505. The topological polar surface area (TPSA) is 72.7 Å². The number of carbonyl (C=O) groups is 2. The van der Waals surface area contributed by atoms with E-state index in [9.17, 15) is 9.59 Å². The molecule has 0 aliphatic heterocycles. The zero-order chi connectivity index (χ0) is 20.2. The number of ketones is 1. The molecule has 0 atom stereocenters. The van der Waals surface area contributed by atoms with Crippen LogP contribution in [-0.2, 0) is 4.79 Å². The number of hydrogen-bond acceptors (Lipinski definition) is 4. The van der Waals surface area contributed by atoms with Crippen LogP contribution in [0.4, 0.5) is 5.69 Å². The van der Waals surface area contributed by atoms with Gasteiger partial charge in [-0.3, -0.25) is 9.59 Å². The van der Waals surface area contributed by atoms with Gasteiger partial charge in [0, 0.05) is 29.2 Å². The van der Waals surface area contributed by atoms with Crippen LogP contribution < -0.4 is 10.1 Å². The number of hydrogen-bond donors (Lipinski definition) is 1. The van der Waals surface area contributed by atoms with Crippen molar-refractivity contribution in [3.63, 3.8) is 0 Å². The molecule has 0 saturated heterocycles. The molecule has 2 aromatic carbocycles. The van der Waals surface area contributed by atoms with Gasteiger partial charge in [0.15, 0.2) is 12.4 Å². The molecule has 0 unspecified atom stereocenters. The van der Waals surface area contributed by atoms with Gasteiger partial charge < -0.3 is 14.5 Å². The lowest BCUT2D eigenvalue weighted by molar-refractivity contribution is -0.118. The monoisotopic (exact) mass is 385 g/mol. The number of nitrogens with one attached hydrogen (secondary N) is 1. The van der Waals surface area contributed by atoms with E-state index in [2.05, 4.69) is 10.3 Å². The molecule has 0 saturated carbocycles. The van der Waals surface area contributed by atoms with E-state index in [-0.39, 0.29) is 18.3 Å². The largest absolute Gasteiger partial charge is 0.484 e. The lowest BCUT2D eigenvalue weighted by atomic mass is 10.1. The number of rotatable bonds is 6. The van der Waals surface area contributed by atoms with Crippen LogP contribution in [-0.4, -0.2) is 27.7 Å². The minimum Gasteiger partial charge on any atom is -0.484 e. The third kappa shape index (κ3) is 4.32. The number of fused-ring (bicyclic) bond motifs is 1. The second-order valence-corrected chi connectivity index (χ2v) is 6.59. The minimum absolute atomic E-state index is 0.0504. The van der Waals surface area contributed by atoms with Crippen molar-refractivity contribution in [2.75, 3.05) is 11.9 Å². The van der Waals surface area contributed by atoms with E-state index < -0.39 is 0 Å². The van der Waals surface area contributed by atoms with Gasteiger partial charge in [0.2, 0.25) is 0 Å². The van der Waals surface area contributed by atoms with E-state index in [0.717, 1.165) is 16.9 Å². The average molecular weight is 385 g/mol. The molecule has 29 heavy (non-hydrogen) atoms. The van der Waals surface area contributed by atoms with E-state index in [1.54, 1.807) is 24.3 Å². The van der Waals surface area contributed by atoms with Crippen LogP contribution in [0.2, 0.25) is 0 Å². The fourth-order valence-electron chi connectivity index (χ4n) is 2.95. The van der Waals surface area contributed by atoms with Crippen molar-refractivity contribution in [3.05, 3.63) is 84.7 Å². The first-order chi connectivity index (χ1) is 14.1. The van der Waals surface area contributed by atoms with Gasteiger partial charge in [0.05, 0.1) is 5.69 Å². The number of imidazole rings is 1. The number of nitrogens with zero attached hydrogens (tertiary/aromatic N) is 2. The molecule has 2 aromatic heterocycles. The van der Waals surface area contributed by atoms with Crippen LogP contribution in [0.1, 0.15) is 17.3 Å². The fraction of sp³-hybridized carbons (Fsp3) is 0.0870. The molecule has 2 heterocycles. The van der Waals surface area contributed by atoms with Crippen LogP contribution in [0.15, 0.2) is 79.1 Å². The highest BCUT2D eigenvalue weighted by molar-refractivity contribution is 5.94. The Hall–Kier alpha value is -3.93. The third-order valence-corrected chi connectivity index (χ3v) is 4.44. The molecule has 144 valence electrons. The molecule has 0 spiro atoms. The van der Waals surface area contributed by atoms with Gasteiger partial charge in [-0.1, -0.05) is 30.3 Å². The first kappa shape index (κ1) is 18.4. The van der Waals surface area contributed by atoms with E-state index in [0.29, 0.717) is 17.0 Å². The van der Waals surface area contributed by atoms with Crippen molar-refractivity contribution in [2.24, 2.45) is 0 Å². The number of Topliss-reactive ketones (excluding diaryl/α,β-unsaturated/α-hetero) is 1. The molecule has 1 N–H and O–H groups in total. The van der Waals surface area contributed by atoms with Crippen LogP contribution in [0.3, 0.4) is 0 Å². The Labute approximate surface area is 167 Å². The normalized spacial score (nSPS) is 10.7. The number of pyridine rings is 1. The zero-order valence-electron chi connectivity index (χ0n) is 15.8. The number of amides is 1. The minimum atomic E-state index is -0.279. The Balaban J connectivity index is 1.37. The first-order valence-corrected chi connectivity index (χ1v) is 9.16. The molecule has 0 aliphatic carbocycles. The predicted molar refractivity (Wildman–Crippen MR) is 111 cm³/mol. The Bertz CT molecular complexity index is 1150. The highest BCUT2D eigenvalue weighted by Crippen LogP contribution is 2.21. The summed E-state index contributed by atoms with van der Waals surface area (Å²) in [5.41, 5.74) is 3.92. The lowest BCUT2D eigenvalue weighted by Gasteiger charge is -2.08. The molecule has 0 radical (unpaired) electrons. The molecule has 4 aromatic rings. The summed E-state index contributed by atoms with van der Waals surface area (Å²) < 4.78 is 7.44. The molecule has 0 aliphatic rings. The van der Waals surface area contributed by atoms with Crippen molar-refractivity contribution >= 4 is 23.0 Å². The fourth-order valence-corrected chi connectivity index (χ4v) is 2.95. The summed E-state index contributed by atoms with van der Waals surface area (Å²) in [6.45, 7) is 1.34. The zero-order valence-corrected chi connectivity index (χ0v) is 15.8. The van der Waals surface area contributed by atoms with Gasteiger partial charge in [-0.05, 0) is 43.3 Å². The molecular weight excluding hydrogens is 366 g/mol. The maximum atomic E-state index is 12.2. The lowest BCUT2D eigenvalue weighted by Crippen LogP contribution is -2.20. The van der Waals surface area contributed by atoms with Crippen LogP contribution >= 0.6 is 0 Å². The third-order valence-electron chi connectivity index (χ3n) is 4.44. The molecule has 4 rings (SSSR count). The highest BCUT2D eigenvalue weighted by Gasteiger charge is 2.07. The number of anilines is 1. The Morgan fingerprint density at radius 2 is 1.86 bits per heavy atom. The maximum Gasteiger partial charge on any atom is 0.262 e. The Morgan fingerprint density at radius 3 is 2.62 bits per heavy atom. The van der Waals surface area contributed by atoms with Crippen LogP contribution in [0, 0.1) is 0 Å². The summed E-state index contributed by atoms with van der Waals surface area (Å²) in [6, 6.07) is 20.1. The van der Waals surface area contributed by atoms with Crippen molar-refractivity contribution < 1.29 is 14.3 Å². The number of benzene rings is 2. The van der Waals surface area contributed by atoms with Gasteiger partial charge in [0.25, 0.3) is 5.91 Å².